The van der Waals surface area contributed by atoms with Crippen molar-refractivity contribution in [3.8, 4) is 21.8 Å². The largest absolute Gasteiger partial charge is 0.455 e. The fraction of sp³-hybridized carbons (Fsp3) is 0. The van der Waals surface area contributed by atoms with Crippen molar-refractivity contribution in [1.82, 2.24) is 0 Å². The van der Waals surface area contributed by atoms with Crippen LogP contribution in [-0.4, -0.2) is 0 Å². The first-order chi connectivity index (χ1) is 11.2. The maximum absolute atomic E-state index is 13.0. The molecule has 0 atom stereocenters. The van der Waals surface area contributed by atoms with Gasteiger partial charge in [-0.2, -0.15) is 0 Å². The van der Waals surface area contributed by atoms with E-state index >= 15 is 0 Å². The van der Waals surface area contributed by atoms with E-state index in [1.165, 1.54) is 11.3 Å². The van der Waals surface area contributed by atoms with Crippen LogP contribution in [0.15, 0.2) is 75.3 Å². The normalized spacial score (nSPS) is 11.0. The highest BCUT2D eigenvalue weighted by Crippen LogP contribution is 2.35. The Morgan fingerprint density at radius 3 is 2.43 bits per heavy atom. The average molecular weight is 339 g/mol. The van der Waals surface area contributed by atoms with E-state index in [0.29, 0.717) is 27.3 Å². The Labute approximate surface area is 141 Å². The molecule has 0 amide bonds. The molecule has 0 bridgehead atoms. The van der Waals surface area contributed by atoms with E-state index in [-0.39, 0.29) is 5.43 Å². The van der Waals surface area contributed by atoms with Gasteiger partial charge in [0.2, 0.25) is 5.43 Å². The molecule has 0 fully saturated rings. The third-order valence-corrected chi connectivity index (χ3v) is 4.81. The molecule has 2 aromatic heterocycles. The van der Waals surface area contributed by atoms with Gasteiger partial charge in [0.1, 0.15) is 11.3 Å². The highest BCUT2D eigenvalue weighted by molar-refractivity contribution is 7.13. The molecule has 4 rings (SSSR count). The zero-order valence-electron chi connectivity index (χ0n) is 12.0. The van der Waals surface area contributed by atoms with Crippen LogP contribution in [0.1, 0.15) is 0 Å². The minimum Gasteiger partial charge on any atom is -0.455 e. The van der Waals surface area contributed by atoms with Crippen molar-refractivity contribution in [3.63, 3.8) is 0 Å². The predicted molar refractivity (Wildman–Crippen MR) is 96.2 cm³/mol. The van der Waals surface area contributed by atoms with E-state index in [1.54, 1.807) is 18.2 Å². The molecule has 2 nitrogen and oxygen atoms in total. The molecule has 4 heteroatoms. The highest BCUT2D eigenvalue weighted by atomic mass is 35.5. The number of benzene rings is 2. The molecular weight excluding hydrogens is 328 g/mol. The molecule has 0 saturated carbocycles. The third-order valence-electron chi connectivity index (χ3n) is 3.67. The monoisotopic (exact) mass is 338 g/mol. The molecule has 2 heterocycles. The van der Waals surface area contributed by atoms with Crippen LogP contribution in [0.4, 0.5) is 0 Å². The Kier molecular flexibility index (Phi) is 3.52. The molecule has 0 spiro atoms. The summed E-state index contributed by atoms with van der Waals surface area (Å²) >= 11 is 7.50. The van der Waals surface area contributed by atoms with Crippen molar-refractivity contribution in [1.29, 1.82) is 0 Å². The van der Waals surface area contributed by atoms with Gasteiger partial charge in [0.25, 0.3) is 0 Å². The van der Waals surface area contributed by atoms with Crippen molar-refractivity contribution in [3.05, 3.63) is 81.3 Å². The predicted octanol–water partition coefficient (Wildman–Crippen LogP) is 5.84. The third kappa shape index (κ3) is 2.48. The lowest BCUT2D eigenvalue weighted by Gasteiger charge is -2.09. The summed E-state index contributed by atoms with van der Waals surface area (Å²) in [5.74, 6) is 0.577. The second-order valence-electron chi connectivity index (χ2n) is 5.12. The topological polar surface area (TPSA) is 30.2 Å². The zero-order chi connectivity index (χ0) is 15.8. The Morgan fingerprint density at radius 1 is 0.913 bits per heavy atom. The molecule has 0 unspecified atom stereocenters. The lowest BCUT2D eigenvalue weighted by Crippen LogP contribution is -2.06. The quantitative estimate of drug-likeness (QED) is 0.459. The minimum absolute atomic E-state index is 0.0146. The summed E-state index contributed by atoms with van der Waals surface area (Å²) in [5, 5.41) is 3.19. The van der Waals surface area contributed by atoms with Crippen LogP contribution in [0.5, 0.6) is 0 Å². The van der Waals surface area contributed by atoms with Crippen molar-refractivity contribution in [2.75, 3.05) is 0 Å². The van der Waals surface area contributed by atoms with Gasteiger partial charge in [-0.1, -0.05) is 29.8 Å². The zero-order valence-corrected chi connectivity index (χ0v) is 13.5. The molecule has 112 valence electrons. The van der Waals surface area contributed by atoms with E-state index < -0.39 is 0 Å². The highest BCUT2D eigenvalue weighted by Gasteiger charge is 2.18. The van der Waals surface area contributed by atoms with Crippen molar-refractivity contribution < 1.29 is 4.42 Å². The van der Waals surface area contributed by atoms with Gasteiger partial charge in [0, 0.05) is 15.5 Å². The van der Waals surface area contributed by atoms with E-state index in [2.05, 4.69) is 0 Å². The summed E-state index contributed by atoms with van der Waals surface area (Å²) in [6.07, 6.45) is 0. The standard InChI is InChI=1S/C19H11ClO2S/c20-13-9-7-12(8-10-13)19-17(16-6-3-11-23-16)18(21)14-4-1-2-5-15(14)22-19/h1-11H. The van der Waals surface area contributed by atoms with Gasteiger partial charge in [0.15, 0.2) is 0 Å². The summed E-state index contributed by atoms with van der Waals surface area (Å²) in [6.45, 7) is 0. The van der Waals surface area contributed by atoms with E-state index in [4.69, 9.17) is 16.0 Å². The number of hydrogen-bond acceptors (Lipinski definition) is 3. The van der Waals surface area contributed by atoms with Gasteiger partial charge >= 0.3 is 0 Å². The van der Waals surface area contributed by atoms with Crippen LogP contribution >= 0.6 is 22.9 Å². The van der Waals surface area contributed by atoms with Crippen LogP contribution in [0.25, 0.3) is 32.7 Å². The summed E-state index contributed by atoms with van der Waals surface area (Å²) < 4.78 is 6.09. The number of thiophene rings is 1. The van der Waals surface area contributed by atoms with Crippen molar-refractivity contribution >= 4 is 33.9 Å². The van der Waals surface area contributed by atoms with Crippen LogP contribution in [0.2, 0.25) is 5.02 Å². The number of rotatable bonds is 2. The number of fused-ring (bicyclic) bond motifs is 1. The molecule has 0 aliphatic heterocycles. The molecule has 0 aliphatic carbocycles. The first-order valence-electron chi connectivity index (χ1n) is 7.10. The first kappa shape index (κ1) is 14.2. The van der Waals surface area contributed by atoms with Crippen molar-refractivity contribution in [2.45, 2.75) is 0 Å². The van der Waals surface area contributed by atoms with Crippen LogP contribution in [-0.2, 0) is 0 Å². The summed E-state index contributed by atoms with van der Waals surface area (Å²) in [5.41, 5.74) is 2.00. The van der Waals surface area contributed by atoms with E-state index in [1.807, 2.05) is 47.8 Å². The fourth-order valence-electron chi connectivity index (χ4n) is 2.59. The molecule has 0 saturated heterocycles. The fourth-order valence-corrected chi connectivity index (χ4v) is 3.48. The molecule has 23 heavy (non-hydrogen) atoms. The molecular formula is C19H11ClO2S. The Bertz CT molecular complexity index is 1030. The number of halogens is 1. The van der Waals surface area contributed by atoms with Gasteiger partial charge in [-0.05, 0) is 47.8 Å². The summed E-state index contributed by atoms with van der Waals surface area (Å²) in [7, 11) is 0. The lowest BCUT2D eigenvalue weighted by atomic mass is 10.0. The molecule has 2 aromatic carbocycles. The van der Waals surface area contributed by atoms with Gasteiger partial charge in [0.05, 0.1) is 10.9 Å². The number of hydrogen-bond donors (Lipinski definition) is 0. The SMILES string of the molecule is O=c1c(-c2cccs2)c(-c2ccc(Cl)cc2)oc2ccccc12. The smallest absolute Gasteiger partial charge is 0.201 e. The number of para-hydroxylation sites is 1. The van der Waals surface area contributed by atoms with E-state index in [0.717, 1.165) is 10.4 Å². The van der Waals surface area contributed by atoms with Crippen LogP contribution in [0.3, 0.4) is 0 Å². The first-order valence-corrected chi connectivity index (χ1v) is 8.35. The molecule has 0 aliphatic rings. The second-order valence-corrected chi connectivity index (χ2v) is 6.50. The molecule has 0 radical (unpaired) electrons. The van der Waals surface area contributed by atoms with Crippen molar-refractivity contribution in [2.24, 2.45) is 0 Å². The second kappa shape index (κ2) is 5.69. The summed E-state index contributed by atoms with van der Waals surface area (Å²) in [4.78, 5) is 13.9. The maximum atomic E-state index is 13.0. The van der Waals surface area contributed by atoms with Gasteiger partial charge in [-0.15, -0.1) is 11.3 Å². The Morgan fingerprint density at radius 2 is 1.70 bits per heavy atom. The van der Waals surface area contributed by atoms with Crippen LogP contribution in [0, 0.1) is 0 Å². The Hall–Kier alpha value is -2.36. The van der Waals surface area contributed by atoms with Crippen LogP contribution < -0.4 is 5.43 Å². The Balaban J connectivity index is 2.11. The van der Waals surface area contributed by atoms with Gasteiger partial charge in [-0.3, -0.25) is 4.79 Å². The van der Waals surface area contributed by atoms with Gasteiger partial charge in [-0.25, -0.2) is 0 Å². The van der Waals surface area contributed by atoms with E-state index in [9.17, 15) is 4.79 Å². The average Bonchev–Trinajstić information content (AvgIpc) is 3.09. The summed E-state index contributed by atoms with van der Waals surface area (Å²) in [6, 6.07) is 18.5. The maximum Gasteiger partial charge on any atom is 0.201 e. The lowest BCUT2D eigenvalue weighted by molar-refractivity contribution is 0.621. The van der Waals surface area contributed by atoms with Gasteiger partial charge < -0.3 is 4.42 Å². The molecule has 0 N–H and O–H groups in total. The molecule has 4 aromatic rings. The minimum atomic E-state index is -0.0146.